The highest BCUT2D eigenvalue weighted by Gasteiger charge is 2.50. The average molecular weight is 248 g/mol. The summed E-state index contributed by atoms with van der Waals surface area (Å²) in [7, 11) is 0. The number of nitrogens with one attached hydrogen (secondary N) is 1. The largest absolute Gasteiger partial charge is 0.434 e. The maximum atomic E-state index is 5.83. The number of ether oxygens (including phenoxy) is 1. The number of hydroxylamine groups is 1. The van der Waals surface area contributed by atoms with Gasteiger partial charge in [-0.1, -0.05) is 0 Å². The van der Waals surface area contributed by atoms with Gasteiger partial charge < -0.3 is 9.15 Å². The minimum absolute atomic E-state index is 0.210. The Morgan fingerprint density at radius 1 is 1.39 bits per heavy atom. The van der Waals surface area contributed by atoms with Crippen LogP contribution >= 0.6 is 0 Å². The Labute approximate surface area is 105 Å². The second-order valence-electron chi connectivity index (χ2n) is 5.25. The number of rotatable bonds is 2. The number of fused-ring (bicyclic) bond motifs is 2. The van der Waals surface area contributed by atoms with Crippen LogP contribution in [-0.2, 0) is 4.84 Å². The fraction of sp³-hybridized carbons (Fsp3) is 0.538. The van der Waals surface area contributed by atoms with Crippen LogP contribution in [0.1, 0.15) is 12.8 Å². The van der Waals surface area contributed by atoms with Crippen molar-refractivity contribution in [3.05, 3.63) is 30.4 Å². The van der Waals surface area contributed by atoms with Gasteiger partial charge in [0.1, 0.15) is 5.60 Å². The van der Waals surface area contributed by atoms with Crippen molar-refractivity contribution in [2.45, 2.75) is 18.4 Å². The lowest BCUT2D eigenvalue weighted by Crippen LogP contribution is -2.58. The predicted octanol–water partition coefficient (Wildman–Crippen LogP) is 1.50. The fourth-order valence-electron chi connectivity index (χ4n) is 3.24. The molecule has 1 unspecified atom stereocenters. The molecule has 0 aromatic carbocycles. The van der Waals surface area contributed by atoms with Gasteiger partial charge in [-0.2, -0.15) is 0 Å². The van der Waals surface area contributed by atoms with Crippen LogP contribution in [0.2, 0.25) is 0 Å². The lowest BCUT2D eigenvalue weighted by molar-refractivity contribution is -0.141. The molecule has 1 aromatic heterocycles. The van der Waals surface area contributed by atoms with Crippen molar-refractivity contribution in [1.82, 2.24) is 10.4 Å². The second kappa shape index (κ2) is 3.76. The van der Waals surface area contributed by atoms with Crippen molar-refractivity contribution < 1.29 is 14.0 Å². The van der Waals surface area contributed by atoms with Crippen molar-refractivity contribution >= 4 is 0 Å². The highest BCUT2D eigenvalue weighted by atomic mass is 16.7. The zero-order chi connectivity index (χ0) is 12.0. The van der Waals surface area contributed by atoms with Crippen molar-refractivity contribution in [1.29, 1.82) is 0 Å². The standard InChI is InChI=1S/C13H16N2O3/c1-2-12(16-7-1)17-11-8-13(18-14-11)9-15-5-3-10(13)4-6-15/h1-2,7-8,10,14H,3-6,9H2. The number of hydrogen-bond donors (Lipinski definition) is 1. The van der Waals surface area contributed by atoms with E-state index in [4.69, 9.17) is 14.0 Å². The Kier molecular flexibility index (Phi) is 2.19. The molecule has 1 spiro atoms. The number of nitrogens with zero attached hydrogens (tertiary/aromatic N) is 1. The van der Waals surface area contributed by atoms with Gasteiger partial charge in [0, 0.05) is 18.7 Å². The minimum atomic E-state index is -0.210. The number of furan rings is 1. The first kappa shape index (κ1) is 10.5. The normalized spacial score (nSPS) is 37.7. The molecule has 96 valence electrons. The molecule has 0 radical (unpaired) electrons. The van der Waals surface area contributed by atoms with E-state index in [2.05, 4.69) is 16.5 Å². The van der Waals surface area contributed by atoms with Crippen molar-refractivity contribution in [3.63, 3.8) is 0 Å². The average Bonchev–Trinajstić information content (AvgIpc) is 3.02. The van der Waals surface area contributed by atoms with E-state index in [1.165, 1.54) is 25.9 Å². The van der Waals surface area contributed by atoms with E-state index in [0.29, 0.717) is 17.7 Å². The first-order valence-corrected chi connectivity index (χ1v) is 6.45. The van der Waals surface area contributed by atoms with Crippen LogP contribution in [0.4, 0.5) is 0 Å². The summed E-state index contributed by atoms with van der Waals surface area (Å²) in [5.41, 5.74) is 2.68. The third kappa shape index (κ3) is 1.54. The smallest absolute Gasteiger partial charge is 0.291 e. The van der Waals surface area contributed by atoms with Crippen molar-refractivity contribution in [3.8, 4) is 5.95 Å². The van der Waals surface area contributed by atoms with Gasteiger partial charge >= 0.3 is 0 Å². The molecule has 18 heavy (non-hydrogen) atoms. The fourth-order valence-corrected chi connectivity index (χ4v) is 3.24. The third-order valence-electron chi connectivity index (χ3n) is 4.17. The monoisotopic (exact) mass is 248 g/mol. The Morgan fingerprint density at radius 3 is 2.94 bits per heavy atom. The predicted molar refractivity (Wildman–Crippen MR) is 63.5 cm³/mol. The van der Waals surface area contributed by atoms with Gasteiger partial charge in [-0.3, -0.25) is 9.74 Å². The quantitative estimate of drug-likeness (QED) is 0.859. The van der Waals surface area contributed by atoms with E-state index in [1.54, 1.807) is 18.4 Å². The van der Waals surface area contributed by atoms with E-state index in [1.807, 2.05) is 0 Å². The molecule has 0 saturated carbocycles. The second-order valence-corrected chi connectivity index (χ2v) is 5.25. The van der Waals surface area contributed by atoms with E-state index < -0.39 is 0 Å². The SMILES string of the molecule is C1=C(Oc2ccco2)NOC12CN1CCC2CC1. The Morgan fingerprint density at radius 2 is 2.28 bits per heavy atom. The first-order valence-electron chi connectivity index (χ1n) is 6.45. The maximum absolute atomic E-state index is 5.83. The molecule has 4 aliphatic heterocycles. The molecule has 1 atom stereocenters. The van der Waals surface area contributed by atoms with E-state index >= 15 is 0 Å². The molecule has 5 heteroatoms. The molecule has 5 heterocycles. The Bertz CT molecular complexity index is 463. The molecule has 0 amide bonds. The van der Waals surface area contributed by atoms with Gasteiger partial charge in [-0.05, 0) is 37.9 Å². The van der Waals surface area contributed by atoms with Crippen LogP contribution in [0, 0.1) is 5.92 Å². The molecule has 5 nitrogen and oxygen atoms in total. The molecule has 1 aromatic rings. The molecule has 1 N–H and O–H groups in total. The minimum Gasteiger partial charge on any atom is -0.434 e. The molecule has 3 saturated heterocycles. The molecule has 0 aliphatic carbocycles. The van der Waals surface area contributed by atoms with Crippen molar-refractivity contribution in [2.24, 2.45) is 5.92 Å². The van der Waals surface area contributed by atoms with E-state index in [9.17, 15) is 0 Å². The summed E-state index contributed by atoms with van der Waals surface area (Å²) in [6, 6.07) is 3.58. The Hall–Kier alpha value is -1.46. The highest BCUT2D eigenvalue weighted by Crippen LogP contribution is 2.41. The van der Waals surface area contributed by atoms with Gasteiger partial charge in [0.15, 0.2) is 0 Å². The molecule has 4 aliphatic rings. The lowest BCUT2D eigenvalue weighted by atomic mass is 9.75. The molecular weight excluding hydrogens is 232 g/mol. The Balaban J connectivity index is 1.56. The number of hydrogen-bond acceptors (Lipinski definition) is 5. The zero-order valence-corrected chi connectivity index (χ0v) is 10.1. The zero-order valence-electron chi connectivity index (χ0n) is 10.1. The van der Waals surface area contributed by atoms with E-state index in [0.717, 1.165) is 6.54 Å². The van der Waals surface area contributed by atoms with Crippen LogP contribution in [0.15, 0.2) is 34.8 Å². The highest BCUT2D eigenvalue weighted by molar-refractivity contribution is 5.19. The van der Waals surface area contributed by atoms with Gasteiger partial charge in [0.05, 0.1) is 6.26 Å². The molecule has 2 bridgehead atoms. The summed E-state index contributed by atoms with van der Waals surface area (Å²) < 4.78 is 10.8. The van der Waals surface area contributed by atoms with Crippen LogP contribution in [-0.4, -0.2) is 30.1 Å². The van der Waals surface area contributed by atoms with Crippen LogP contribution in [0.5, 0.6) is 5.95 Å². The van der Waals surface area contributed by atoms with Gasteiger partial charge in [0.25, 0.3) is 5.95 Å². The van der Waals surface area contributed by atoms with Crippen molar-refractivity contribution in [2.75, 3.05) is 19.6 Å². The van der Waals surface area contributed by atoms with Gasteiger partial charge in [-0.25, -0.2) is 5.48 Å². The maximum Gasteiger partial charge on any atom is 0.291 e. The molecule has 3 fully saturated rings. The lowest BCUT2D eigenvalue weighted by Gasteiger charge is -2.48. The van der Waals surface area contributed by atoms with Gasteiger partial charge in [-0.15, -0.1) is 0 Å². The summed E-state index contributed by atoms with van der Waals surface area (Å²) in [5.74, 6) is 1.71. The van der Waals surface area contributed by atoms with E-state index in [-0.39, 0.29) is 5.60 Å². The third-order valence-corrected chi connectivity index (χ3v) is 4.17. The summed E-state index contributed by atoms with van der Waals surface area (Å²) in [6.45, 7) is 3.34. The summed E-state index contributed by atoms with van der Waals surface area (Å²) in [5, 5.41) is 0. The summed E-state index contributed by atoms with van der Waals surface area (Å²) in [6.07, 6.45) is 6.07. The van der Waals surface area contributed by atoms with Gasteiger partial charge in [0.2, 0.25) is 5.88 Å². The first-order chi connectivity index (χ1) is 8.84. The molecular formula is C13H16N2O3. The summed E-state index contributed by atoms with van der Waals surface area (Å²) >= 11 is 0. The molecule has 5 rings (SSSR count). The van der Waals surface area contributed by atoms with Crippen LogP contribution < -0.4 is 10.2 Å². The topological polar surface area (TPSA) is 46.9 Å². The number of piperidine rings is 3. The van der Waals surface area contributed by atoms with Crippen LogP contribution in [0.3, 0.4) is 0 Å². The van der Waals surface area contributed by atoms with Crippen LogP contribution in [0.25, 0.3) is 0 Å². The summed E-state index contributed by atoms with van der Waals surface area (Å²) in [4.78, 5) is 8.28.